The van der Waals surface area contributed by atoms with E-state index in [-0.39, 0.29) is 16.9 Å². The average molecular weight is 279 g/mol. The van der Waals surface area contributed by atoms with Gasteiger partial charge >= 0.3 is 5.97 Å². The third-order valence-electron chi connectivity index (χ3n) is 2.65. The van der Waals surface area contributed by atoms with Crippen molar-refractivity contribution in [2.45, 2.75) is 33.1 Å². The van der Waals surface area contributed by atoms with Crippen LogP contribution >= 0.6 is 0 Å². The van der Waals surface area contributed by atoms with Gasteiger partial charge in [-0.05, 0) is 12.1 Å². The van der Waals surface area contributed by atoms with Crippen LogP contribution in [0.1, 0.15) is 43.7 Å². The molecule has 0 aliphatic carbocycles. The Balaban J connectivity index is 2.87. The van der Waals surface area contributed by atoms with Gasteiger partial charge in [-0.25, -0.2) is 9.78 Å². The van der Waals surface area contributed by atoms with Gasteiger partial charge in [-0.2, -0.15) is 0 Å². The summed E-state index contributed by atoms with van der Waals surface area (Å²) in [5, 5.41) is 14.8. The summed E-state index contributed by atoms with van der Waals surface area (Å²) in [6.07, 6.45) is 0. The molecule has 0 spiro atoms. The zero-order chi connectivity index (χ0) is 15.3. The molecule has 0 fully saturated rings. The standard InChI is InChI=1S/C14H21N3O3/c1-9(18)15-5-6-16-12-8-10(13(19)20)7-11(17-12)14(2,3)4/h7-8H,5-6H2,1-4H3,(H,15,18)(H,16,17)(H,19,20). The van der Waals surface area contributed by atoms with E-state index in [9.17, 15) is 9.59 Å². The highest BCUT2D eigenvalue weighted by Gasteiger charge is 2.18. The van der Waals surface area contributed by atoms with Crippen LogP contribution in [0.4, 0.5) is 5.82 Å². The van der Waals surface area contributed by atoms with Crippen molar-refractivity contribution in [2.24, 2.45) is 0 Å². The molecule has 3 N–H and O–H groups in total. The average Bonchev–Trinajstić information content (AvgIpc) is 2.33. The molecular formula is C14H21N3O3. The van der Waals surface area contributed by atoms with E-state index < -0.39 is 5.97 Å². The quantitative estimate of drug-likeness (QED) is 0.712. The monoisotopic (exact) mass is 279 g/mol. The predicted molar refractivity (Wildman–Crippen MR) is 77.1 cm³/mol. The molecule has 1 aromatic rings. The van der Waals surface area contributed by atoms with Crippen molar-refractivity contribution in [3.63, 3.8) is 0 Å². The van der Waals surface area contributed by atoms with E-state index in [1.807, 2.05) is 20.8 Å². The molecule has 0 radical (unpaired) electrons. The van der Waals surface area contributed by atoms with Gasteiger partial charge in [-0.15, -0.1) is 0 Å². The number of carboxylic acids is 1. The topological polar surface area (TPSA) is 91.3 Å². The summed E-state index contributed by atoms with van der Waals surface area (Å²) in [6.45, 7) is 8.31. The molecule has 20 heavy (non-hydrogen) atoms. The maximum atomic E-state index is 11.1. The van der Waals surface area contributed by atoms with Crippen molar-refractivity contribution < 1.29 is 14.7 Å². The van der Waals surface area contributed by atoms with Gasteiger partial charge in [-0.1, -0.05) is 20.8 Å². The molecule has 0 aliphatic heterocycles. The first-order chi connectivity index (χ1) is 9.20. The van der Waals surface area contributed by atoms with Crippen LogP contribution in [0.25, 0.3) is 0 Å². The minimum atomic E-state index is -0.984. The summed E-state index contributed by atoms with van der Waals surface area (Å²) in [5.74, 6) is -0.586. The number of nitrogens with one attached hydrogen (secondary N) is 2. The van der Waals surface area contributed by atoms with Gasteiger partial charge in [0.05, 0.1) is 5.56 Å². The maximum Gasteiger partial charge on any atom is 0.335 e. The fourth-order valence-electron chi connectivity index (χ4n) is 1.56. The molecule has 1 aromatic heterocycles. The van der Waals surface area contributed by atoms with Crippen molar-refractivity contribution in [3.05, 3.63) is 23.4 Å². The number of aromatic nitrogens is 1. The molecule has 0 bridgehead atoms. The van der Waals surface area contributed by atoms with E-state index in [4.69, 9.17) is 5.11 Å². The Bertz CT molecular complexity index is 507. The molecule has 0 aromatic carbocycles. The number of hydrogen-bond acceptors (Lipinski definition) is 4. The minimum absolute atomic E-state index is 0.102. The van der Waals surface area contributed by atoms with Crippen molar-refractivity contribution in [2.75, 3.05) is 18.4 Å². The Hall–Kier alpha value is -2.11. The van der Waals surface area contributed by atoms with Crippen LogP contribution < -0.4 is 10.6 Å². The van der Waals surface area contributed by atoms with Crippen LogP contribution in [-0.4, -0.2) is 35.1 Å². The van der Waals surface area contributed by atoms with Crippen molar-refractivity contribution in [3.8, 4) is 0 Å². The molecular weight excluding hydrogens is 258 g/mol. The number of carboxylic acid groups (broad SMARTS) is 1. The highest BCUT2D eigenvalue weighted by Crippen LogP contribution is 2.23. The molecule has 6 nitrogen and oxygen atoms in total. The lowest BCUT2D eigenvalue weighted by atomic mass is 9.91. The summed E-state index contributed by atoms with van der Waals surface area (Å²) >= 11 is 0. The van der Waals surface area contributed by atoms with Crippen LogP contribution in [0, 0.1) is 0 Å². The summed E-state index contributed by atoms with van der Waals surface area (Å²) in [4.78, 5) is 26.3. The van der Waals surface area contributed by atoms with Crippen LogP contribution in [0.2, 0.25) is 0 Å². The third-order valence-corrected chi connectivity index (χ3v) is 2.65. The number of nitrogens with zero attached hydrogens (tertiary/aromatic N) is 1. The molecule has 1 rings (SSSR count). The zero-order valence-electron chi connectivity index (χ0n) is 12.3. The van der Waals surface area contributed by atoms with Gasteiger partial charge in [0.25, 0.3) is 0 Å². The lowest BCUT2D eigenvalue weighted by molar-refractivity contribution is -0.118. The second-order valence-electron chi connectivity index (χ2n) is 5.59. The maximum absolute atomic E-state index is 11.1. The lowest BCUT2D eigenvalue weighted by Crippen LogP contribution is -2.26. The Morgan fingerprint density at radius 1 is 1.25 bits per heavy atom. The second kappa shape index (κ2) is 6.36. The highest BCUT2D eigenvalue weighted by atomic mass is 16.4. The molecule has 0 saturated heterocycles. The number of amides is 1. The number of hydrogen-bond donors (Lipinski definition) is 3. The van der Waals surface area contributed by atoms with Gasteiger partial charge < -0.3 is 15.7 Å². The Morgan fingerprint density at radius 3 is 2.40 bits per heavy atom. The predicted octanol–water partition coefficient (Wildman–Crippen LogP) is 1.63. The number of aromatic carboxylic acids is 1. The van der Waals surface area contributed by atoms with Gasteiger partial charge in [0.2, 0.25) is 5.91 Å². The molecule has 0 aliphatic rings. The van der Waals surface area contributed by atoms with Crippen molar-refractivity contribution in [1.29, 1.82) is 0 Å². The first-order valence-electron chi connectivity index (χ1n) is 6.44. The number of anilines is 1. The first kappa shape index (κ1) is 15.9. The Kier molecular flexibility index (Phi) is 5.07. The van der Waals surface area contributed by atoms with Gasteiger partial charge in [0.15, 0.2) is 0 Å². The number of pyridine rings is 1. The summed E-state index contributed by atoms with van der Waals surface area (Å²) < 4.78 is 0. The van der Waals surface area contributed by atoms with E-state index in [1.54, 1.807) is 6.07 Å². The van der Waals surface area contributed by atoms with E-state index in [1.165, 1.54) is 13.0 Å². The van der Waals surface area contributed by atoms with Crippen molar-refractivity contribution >= 4 is 17.7 Å². The van der Waals surface area contributed by atoms with Crippen molar-refractivity contribution in [1.82, 2.24) is 10.3 Å². The Morgan fingerprint density at radius 2 is 1.90 bits per heavy atom. The minimum Gasteiger partial charge on any atom is -0.478 e. The fraction of sp³-hybridized carbons (Fsp3) is 0.500. The SMILES string of the molecule is CC(=O)NCCNc1cc(C(=O)O)cc(C(C)(C)C)n1. The second-order valence-corrected chi connectivity index (χ2v) is 5.59. The van der Waals surface area contributed by atoms with Gasteiger partial charge in [0.1, 0.15) is 5.82 Å². The Labute approximate surface area is 118 Å². The molecule has 6 heteroatoms. The largest absolute Gasteiger partial charge is 0.478 e. The van der Waals surface area contributed by atoms with E-state index in [0.29, 0.717) is 24.6 Å². The number of rotatable bonds is 5. The zero-order valence-corrected chi connectivity index (χ0v) is 12.3. The van der Waals surface area contributed by atoms with Crippen LogP contribution in [-0.2, 0) is 10.2 Å². The van der Waals surface area contributed by atoms with E-state index in [2.05, 4.69) is 15.6 Å². The normalized spacial score (nSPS) is 11.0. The van der Waals surface area contributed by atoms with E-state index >= 15 is 0 Å². The van der Waals surface area contributed by atoms with Crippen LogP contribution in [0.15, 0.2) is 12.1 Å². The third kappa shape index (κ3) is 4.87. The van der Waals surface area contributed by atoms with Crippen LogP contribution in [0.3, 0.4) is 0 Å². The summed E-state index contributed by atoms with van der Waals surface area (Å²) in [6, 6.07) is 3.08. The number of carbonyl (C=O) groups is 2. The van der Waals surface area contributed by atoms with E-state index in [0.717, 1.165) is 0 Å². The smallest absolute Gasteiger partial charge is 0.335 e. The summed E-state index contributed by atoms with van der Waals surface area (Å²) in [7, 11) is 0. The molecule has 110 valence electrons. The molecule has 0 atom stereocenters. The number of carbonyl (C=O) groups excluding carboxylic acids is 1. The van der Waals surface area contributed by atoms with Crippen LogP contribution in [0.5, 0.6) is 0 Å². The lowest BCUT2D eigenvalue weighted by Gasteiger charge is -2.19. The summed E-state index contributed by atoms with van der Waals surface area (Å²) in [5.41, 5.74) is 0.672. The fourth-order valence-corrected chi connectivity index (χ4v) is 1.56. The highest BCUT2D eigenvalue weighted by molar-refractivity contribution is 5.88. The molecule has 1 heterocycles. The van der Waals surface area contributed by atoms with Gasteiger partial charge in [0, 0.05) is 31.1 Å². The molecule has 1 amide bonds. The molecule has 0 unspecified atom stereocenters. The van der Waals surface area contributed by atoms with Gasteiger partial charge in [-0.3, -0.25) is 4.79 Å². The molecule has 0 saturated carbocycles. The first-order valence-corrected chi connectivity index (χ1v) is 6.44.